The quantitative estimate of drug-likeness (QED) is 0.324. The molecule has 0 spiro atoms. The molecule has 0 N–H and O–H groups in total. The third-order valence-corrected chi connectivity index (χ3v) is 12.6. The van der Waals surface area contributed by atoms with Crippen molar-refractivity contribution in [2.24, 2.45) is 70.5 Å². The lowest BCUT2D eigenvalue weighted by Crippen LogP contribution is -2.56. The third-order valence-electron chi connectivity index (χ3n) is 10.5. The molecule has 0 aromatic heterocycles. The first-order valence-corrected chi connectivity index (χ1v) is 12.3. The Hall–Kier alpha value is 0.1000. The molecule has 8 saturated carbocycles. The molecular formula is C21H24Br2O3. The molecule has 0 radical (unpaired) electrons. The van der Waals surface area contributed by atoms with Gasteiger partial charge in [-0.3, -0.25) is 9.59 Å². The van der Waals surface area contributed by atoms with E-state index in [1.165, 1.54) is 32.8 Å². The van der Waals surface area contributed by atoms with Gasteiger partial charge in [0.15, 0.2) is 5.78 Å². The number of ketones is 1. The largest absolute Gasteiger partial charge is 0.468 e. The van der Waals surface area contributed by atoms with Crippen LogP contribution in [0.1, 0.15) is 25.7 Å². The number of Topliss-reactive ketones (excluding diaryl/α,β-unsaturated/α-hetero) is 1. The SMILES string of the molecule is COC(=O)[C@]12C(=O)[C@@H]3[C@H]4[C@H]([C@H]5[C@@H]3[C@H]3CC[C@H](Br)[C@@H]3[C@@H]51)[C@@H]2[C@@H]1CC[C@H](Br)[C@@H]14. The molecular weight excluding hydrogens is 460 g/mol. The van der Waals surface area contributed by atoms with Crippen LogP contribution in [0.3, 0.4) is 0 Å². The van der Waals surface area contributed by atoms with E-state index in [4.69, 9.17) is 4.74 Å². The van der Waals surface area contributed by atoms with Gasteiger partial charge >= 0.3 is 5.97 Å². The van der Waals surface area contributed by atoms with E-state index in [1.807, 2.05) is 0 Å². The van der Waals surface area contributed by atoms with Crippen LogP contribution in [0.5, 0.6) is 0 Å². The van der Waals surface area contributed by atoms with Gasteiger partial charge in [0, 0.05) is 15.6 Å². The summed E-state index contributed by atoms with van der Waals surface area (Å²) in [5, 5.41) is 0. The maximum atomic E-state index is 14.0. The topological polar surface area (TPSA) is 43.4 Å². The molecule has 0 heterocycles. The molecule has 140 valence electrons. The molecule has 8 bridgehead atoms. The second-order valence-corrected chi connectivity index (χ2v) is 12.6. The maximum Gasteiger partial charge on any atom is 0.319 e. The molecule has 8 aliphatic carbocycles. The molecule has 0 aliphatic heterocycles. The zero-order valence-corrected chi connectivity index (χ0v) is 18.0. The van der Waals surface area contributed by atoms with Crippen molar-refractivity contribution < 1.29 is 14.3 Å². The highest BCUT2D eigenvalue weighted by atomic mass is 79.9. The number of ether oxygens (including phenoxy) is 1. The number of carbonyl (C=O) groups is 2. The molecule has 0 saturated heterocycles. The average molecular weight is 484 g/mol. The Labute approximate surface area is 170 Å². The van der Waals surface area contributed by atoms with Crippen LogP contribution < -0.4 is 0 Å². The number of fused-ring (bicyclic) bond motifs is 2. The summed E-state index contributed by atoms with van der Waals surface area (Å²) < 4.78 is 5.42. The van der Waals surface area contributed by atoms with Crippen molar-refractivity contribution in [2.75, 3.05) is 7.11 Å². The van der Waals surface area contributed by atoms with Crippen LogP contribution in [-0.2, 0) is 14.3 Å². The van der Waals surface area contributed by atoms with Gasteiger partial charge in [0.1, 0.15) is 5.41 Å². The highest BCUT2D eigenvalue weighted by Crippen LogP contribution is 2.87. The molecule has 3 nitrogen and oxygen atoms in total. The fraction of sp³-hybridized carbons (Fsp3) is 0.905. The molecule has 0 amide bonds. The standard InChI is InChI=1S/C21H24Br2O3/c1-26-20(25)21-17-7-3-5-8(22)10(7)13-15(17)14-12(16(13)19(21)24)6-2-4-9(23)11(6)18(14)21/h6-18H,2-5H2,1H3/t6-,7+,8-,9-,10+,11+,12-,13+,14+,15+,16-,17-,18-,21-/m0/s1. The van der Waals surface area contributed by atoms with E-state index in [-0.39, 0.29) is 23.7 Å². The van der Waals surface area contributed by atoms with Crippen LogP contribution in [0.4, 0.5) is 0 Å². The summed E-state index contributed by atoms with van der Waals surface area (Å²) in [6, 6.07) is 0. The van der Waals surface area contributed by atoms with E-state index in [0.717, 1.165) is 0 Å². The van der Waals surface area contributed by atoms with Gasteiger partial charge in [-0.2, -0.15) is 0 Å². The number of methoxy groups -OCH3 is 1. The van der Waals surface area contributed by atoms with Gasteiger partial charge in [-0.15, -0.1) is 0 Å². The molecule has 26 heavy (non-hydrogen) atoms. The monoisotopic (exact) mass is 482 g/mol. The summed E-state index contributed by atoms with van der Waals surface area (Å²) in [6.45, 7) is 0. The predicted octanol–water partition coefficient (Wildman–Crippen LogP) is 3.68. The molecule has 5 heteroatoms. The molecule has 8 aliphatic rings. The van der Waals surface area contributed by atoms with Crippen molar-refractivity contribution in [2.45, 2.75) is 35.3 Å². The van der Waals surface area contributed by atoms with Crippen LogP contribution in [0.25, 0.3) is 0 Å². The van der Waals surface area contributed by atoms with Gasteiger partial charge in [0.25, 0.3) is 0 Å². The Kier molecular flexibility index (Phi) is 2.84. The zero-order chi connectivity index (χ0) is 17.7. The number of halogens is 2. The van der Waals surface area contributed by atoms with Crippen molar-refractivity contribution in [3.63, 3.8) is 0 Å². The lowest BCUT2D eigenvalue weighted by molar-refractivity contribution is -0.172. The minimum absolute atomic E-state index is 0.151. The maximum absolute atomic E-state index is 14.0. The number of rotatable bonds is 1. The Morgan fingerprint density at radius 2 is 1.54 bits per heavy atom. The van der Waals surface area contributed by atoms with E-state index >= 15 is 0 Å². The molecule has 8 fully saturated rings. The summed E-state index contributed by atoms with van der Waals surface area (Å²) in [5.41, 5.74) is -0.798. The first-order chi connectivity index (χ1) is 12.5. The Bertz CT molecular complexity index is 754. The summed E-state index contributed by atoms with van der Waals surface area (Å²) in [5.74, 6) is 5.56. The second kappa shape index (κ2) is 4.63. The number of carbonyl (C=O) groups excluding carboxylic acids is 2. The van der Waals surface area contributed by atoms with Crippen LogP contribution in [0, 0.1) is 70.5 Å². The van der Waals surface area contributed by atoms with Crippen molar-refractivity contribution >= 4 is 43.6 Å². The molecule has 14 atom stereocenters. The average Bonchev–Trinajstić information content (AvgIpc) is 3.37. The second-order valence-electron chi connectivity index (χ2n) is 10.3. The van der Waals surface area contributed by atoms with Crippen molar-refractivity contribution in [3.8, 4) is 0 Å². The summed E-state index contributed by atoms with van der Waals surface area (Å²) in [7, 11) is 1.51. The van der Waals surface area contributed by atoms with Crippen molar-refractivity contribution in [1.82, 2.24) is 0 Å². The van der Waals surface area contributed by atoms with Gasteiger partial charge in [-0.05, 0) is 84.9 Å². The third kappa shape index (κ3) is 1.28. The zero-order valence-electron chi connectivity index (χ0n) is 14.8. The number of alkyl halides is 2. The van der Waals surface area contributed by atoms with E-state index in [2.05, 4.69) is 31.9 Å². The van der Waals surface area contributed by atoms with Gasteiger partial charge < -0.3 is 4.74 Å². The molecule has 0 aromatic rings. The highest BCUT2D eigenvalue weighted by Gasteiger charge is 2.90. The van der Waals surface area contributed by atoms with E-state index < -0.39 is 5.41 Å². The smallest absolute Gasteiger partial charge is 0.319 e. The first kappa shape index (κ1) is 16.0. The highest BCUT2D eigenvalue weighted by molar-refractivity contribution is 9.09. The minimum atomic E-state index is -0.798. The summed E-state index contributed by atoms with van der Waals surface area (Å²) in [6.07, 6.45) is 4.85. The van der Waals surface area contributed by atoms with Gasteiger partial charge in [0.05, 0.1) is 7.11 Å². The molecule has 0 aromatic carbocycles. The van der Waals surface area contributed by atoms with Gasteiger partial charge in [0.2, 0.25) is 0 Å². The van der Waals surface area contributed by atoms with Crippen LogP contribution in [0.2, 0.25) is 0 Å². The van der Waals surface area contributed by atoms with Crippen molar-refractivity contribution in [3.05, 3.63) is 0 Å². The minimum Gasteiger partial charge on any atom is -0.468 e. The van der Waals surface area contributed by atoms with Gasteiger partial charge in [-0.25, -0.2) is 0 Å². The predicted molar refractivity (Wildman–Crippen MR) is 102 cm³/mol. The fourth-order valence-electron chi connectivity index (χ4n) is 10.7. The first-order valence-electron chi connectivity index (χ1n) is 10.5. The van der Waals surface area contributed by atoms with Gasteiger partial charge in [-0.1, -0.05) is 31.9 Å². The van der Waals surface area contributed by atoms with Crippen LogP contribution >= 0.6 is 31.9 Å². The van der Waals surface area contributed by atoms with Crippen LogP contribution in [0.15, 0.2) is 0 Å². The summed E-state index contributed by atoms with van der Waals surface area (Å²) in [4.78, 5) is 28.4. The van der Waals surface area contributed by atoms with E-state index in [1.54, 1.807) is 0 Å². The Morgan fingerprint density at radius 3 is 2.27 bits per heavy atom. The number of esters is 1. The Balaban J connectivity index is 1.51. The fourth-order valence-corrected chi connectivity index (χ4v) is 12.7. The molecule has 8 rings (SSSR count). The van der Waals surface area contributed by atoms with Crippen molar-refractivity contribution in [1.29, 1.82) is 0 Å². The summed E-state index contributed by atoms with van der Waals surface area (Å²) >= 11 is 7.94. The molecule has 0 unspecified atom stereocenters. The lowest BCUT2D eigenvalue weighted by atomic mass is 9.56. The van der Waals surface area contributed by atoms with E-state index in [9.17, 15) is 9.59 Å². The Morgan fingerprint density at radius 1 is 0.885 bits per heavy atom. The normalized spacial score (nSPS) is 68.0. The van der Waals surface area contributed by atoms with E-state index in [0.29, 0.717) is 62.8 Å². The number of hydrogen-bond donors (Lipinski definition) is 0. The van der Waals surface area contributed by atoms with Crippen LogP contribution in [-0.4, -0.2) is 28.5 Å². The number of hydrogen-bond acceptors (Lipinski definition) is 3. The lowest BCUT2D eigenvalue weighted by Gasteiger charge is -2.44.